The molecule has 34 heavy (non-hydrogen) atoms. The molecule has 0 atom stereocenters. The normalized spacial score (nSPS) is 11.6. The van der Waals surface area contributed by atoms with Crippen molar-refractivity contribution < 1.29 is 9.53 Å². The molecule has 0 unspecified atom stereocenters. The zero-order valence-electron chi connectivity index (χ0n) is 19.4. The van der Waals surface area contributed by atoms with Crippen LogP contribution >= 0.6 is 35.3 Å². The van der Waals surface area contributed by atoms with Gasteiger partial charge in [-0.2, -0.15) is 0 Å². The van der Waals surface area contributed by atoms with Crippen molar-refractivity contribution in [3.05, 3.63) is 68.9 Å². The molecule has 2 heterocycles. The predicted molar refractivity (Wildman–Crippen MR) is 142 cm³/mol. The predicted octanol–water partition coefficient (Wildman–Crippen LogP) is 6.07. The number of aromatic nitrogens is 3. The lowest BCUT2D eigenvalue weighted by atomic mass is 9.92. The largest absolute Gasteiger partial charge is 0.494 e. The Kier molecular flexibility index (Phi) is 7.06. The number of fused-ring (bicyclic) bond motifs is 1. The smallest absolute Gasteiger partial charge is 0.278 e. The molecule has 0 saturated carbocycles. The molecule has 2 aromatic heterocycles. The molecule has 0 saturated heterocycles. The number of thioether (sulfide) groups is 1. The number of ketones is 1. The van der Waals surface area contributed by atoms with E-state index in [0.29, 0.717) is 31.8 Å². The molecule has 0 amide bonds. The summed E-state index contributed by atoms with van der Waals surface area (Å²) in [5, 5.41) is 0.453. The fourth-order valence-corrected chi connectivity index (χ4v) is 5.74. The van der Waals surface area contributed by atoms with Crippen LogP contribution in [0.2, 0.25) is 0 Å². The van der Waals surface area contributed by atoms with E-state index in [4.69, 9.17) is 21.9 Å². The molecule has 2 aromatic carbocycles. The van der Waals surface area contributed by atoms with Gasteiger partial charge in [0.2, 0.25) is 0 Å². The number of para-hydroxylation sites is 1. The lowest BCUT2D eigenvalue weighted by Gasteiger charge is -2.17. The number of carbonyl (C=O) groups excluding carboxylic acids is 1. The van der Waals surface area contributed by atoms with Crippen molar-refractivity contribution in [1.82, 2.24) is 14.1 Å². The van der Waals surface area contributed by atoms with Gasteiger partial charge in [-0.15, -0.1) is 0 Å². The van der Waals surface area contributed by atoms with Gasteiger partial charge in [-0.3, -0.25) is 18.7 Å². The van der Waals surface area contributed by atoms with Crippen LogP contribution in [-0.4, -0.2) is 32.3 Å². The summed E-state index contributed by atoms with van der Waals surface area (Å²) in [5.74, 6) is 1.05. The van der Waals surface area contributed by atoms with E-state index in [-0.39, 0.29) is 17.1 Å². The summed E-state index contributed by atoms with van der Waals surface area (Å²) in [6.07, 6.45) is 0. The minimum Gasteiger partial charge on any atom is -0.494 e. The van der Waals surface area contributed by atoms with Gasteiger partial charge in [0.1, 0.15) is 16.2 Å². The van der Waals surface area contributed by atoms with Gasteiger partial charge in [-0.1, -0.05) is 62.1 Å². The maximum Gasteiger partial charge on any atom is 0.278 e. The molecule has 0 aliphatic rings. The van der Waals surface area contributed by atoms with Crippen molar-refractivity contribution in [1.29, 1.82) is 0 Å². The summed E-state index contributed by atoms with van der Waals surface area (Å²) in [4.78, 5) is 31.2. The summed E-state index contributed by atoms with van der Waals surface area (Å²) < 4.78 is 9.90. The Labute approximate surface area is 211 Å². The Morgan fingerprint density at radius 1 is 1.06 bits per heavy atom. The molecule has 4 rings (SSSR count). The second-order valence-corrected chi connectivity index (χ2v) is 11.2. The number of carbonyl (C=O) groups is 1. The van der Waals surface area contributed by atoms with Crippen LogP contribution in [0.5, 0.6) is 5.75 Å². The van der Waals surface area contributed by atoms with E-state index in [0.717, 1.165) is 11.4 Å². The molecule has 4 aromatic rings. The number of rotatable bonds is 7. The van der Waals surface area contributed by atoms with Gasteiger partial charge in [0, 0.05) is 11.1 Å². The molecule has 0 radical (unpaired) electrons. The van der Waals surface area contributed by atoms with Gasteiger partial charge in [-0.05, 0) is 55.5 Å². The number of benzene rings is 2. The topological polar surface area (TPSA) is 66.1 Å². The third-order valence-corrected chi connectivity index (χ3v) is 7.46. The third-order valence-electron chi connectivity index (χ3n) is 5.17. The van der Waals surface area contributed by atoms with Gasteiger partial charge in [0.15, 0.2) is 14.8 Å². The lowest BCUT2D eigenvalue weighted by molar-refractivity contribution is -0.123. The number of Topliss-reactive ketones (excluding diaryl/α,β-unsaturated/α-hetero) is 1. The van der Waals surface area contributed by atoms with Crippen LogP contribution in [-0.2, 0) is 4.79 Å². The first-order chi connectivity index (χ1) is 16.2. The molecule has 0 fully saturated rings. The third kappa shape index (κ3) is 4.87. The van der Waals surface area contributed by atoms with Gasteiger partial charge in [-0.25, -0.2) is 4.98 Å². The van der Waals surface area contributed by atoms with Crippen molar-refractivity contribution in [2.24, 2.45) is 5.41 Å². The van der Waals surface area contributed by atoms with Crippen molar-refractivity contribution in [2.75, 3.05) is 12.4 Å². The average Bonchev–Trinajstić information content (AvgIpc) is 3.14. The summed E-state index contributed by atoms with van der Waals surface area (Å²) in [7, 11) is 0. The molecule has 0 aliphatic carbocycles. The van der Waals surface area contributed by atoms with E-state index in [1.165, 1.54) is 23.1 Å². The molecule has 176 valence electrons. The average molecular weight is 512 g/mol. The van der Waals surface area contributed by atoms with E-state index in [2.05, 4.69) is 0 Å². The maximum atomic E-state index is 13.7. The standard InChI is InChI=1S/C25H25N3O3S3/c1-5-31-18-13-11-17(12-14-18)27-21-20(34-24(27)32)22(30)28(16-9-7-6-8-10-16)23(26-21)33-15-19(29)25(2,3)4/h6-14H,5,15H2,1-4H3. The van der Waals surface area contributed by atoms with Crippen LogP contribution in [0.3, 0.4) is 0 Å². The van der Waals surface area contributed by atoms with Crippen LogP contribution in [0.15, 0.2) is 64.5 Å². The van der Waals surface area contributed by atoms with Crippen molar-refractivity contribution in [2.45, 2.75) is 32.9 Å². The Balaban J connectivity index is 1.90. The second-order valence-electron chi connectivity index (χ2n) is 8.62. The zero-order valence-corrected chi connectivity index (χ0v) is 21.9. The van der Waals surface area contributed by atoms with Crippen molar-refractivity contribution in [3.63, 3.8) is 0 Å². The molecular formula is C25H25N3O3S3. The monoisotopic (exact) mass is 511 g/mol. The van der Waals surface area contributed by atoms with Crippen molar-refractivity contribution >= 4 is 51.4 Å². The first-order valence-electron chi connectivity index (χ1n) is 10.8. The Hall–Kier alpha value is -2.75. The van der Waals surface area contributed by atoms with Gasteiger partial charge >= 0.3 is 0 Å². The highest BCUT2D eigenvalue weighted by atomic mass is 32.2. The van der Waals surface area contributed by atoms with Gasteiger partial charge in [0.25, 0.3) is 5.56 Å². The number of hydrogen-bond acceptors (Lipinski definition) is 7. The van der Waals surface area contributed by atoms with E-state index >= 15 is 0 Å². The number of thiazole rings is 1. The SMILES string of the molecule is CCOc1ccc(-n2c(=S)sc3c(=O)n(-c4ccccc4)c(SCC(=O)C(C)(C)C)nc32)cc1. The number of ether oxygens (including phenoxy) is 1. The molecule has 0 aliphatic heterocycles. The van der Waals surface area contributed by atoms with E-state index < -0.39 is 5.41 Å². The first kappa shape index (κ1) is 24.4. The van der Waals surface area contributed by atoms with Crippen molar-refractivity contribution in [3.8, 4) is 17.1 Å². The highest BCUT2D eigenvalue weighted by molar-refractivity contribution is 7.99. The lowest BCUT2D eigenvalue weighted by Crippen LogP contribution is -2.24. The van der Waals surface area contributed by atoms with Crippen LogP contribution in [0.25, 0.3) is 21.7 Å². The molecule has 0 bridgehead atoms. The first-order valence-corrected chi connectivity index (χ1v) is 13.0. The fraction of sp³-hybridized carbons (Fsp3) is 0.280. The highest BCUT2D eigenvalue weighted by Gasteiger charge is 2.24. The molecule has 6 nitrogen and oxygen atoms in total. The fourth-order valence-electron chi connectivity index (χ4n) is 3.27. The summed E-state index contributed by atoms with van der Waals surface area (Å²) in [5.41, 5.74) is 1.29. The zero-order chi connectivity index (χ0) is 24.5. The second kappa shape index (κ2) is 9.85. The van der Waals surface area contributed by atoms with Crippen LogP contribution < -0.4 is 10.3 Å². The number of nitrogens with zero attached hydrogens (tertiary/aromatic N) is 3. The van der Waals surface area contributed by atoms with E-state index in [9.17, 15) is 9.59 Å². The van der Waals surface area contributed by atoms with Crippen LogP contribution in [0.4, 0.5) is 0 Å². The molecule has 0 N–H and O–H groups in total. The molecular weight excluding hydrogens is 486 g/mol. The minimum absolute atomic E-state index is 0.0834. The quantitative estimate of drug-likeness (QED) is 0.170. The Morgan fingerprint density at radius 3 is 2.32 bits per heavy atom. The Morgan fingerprint density at radius 2 is 1.71 bits per heavy atom. The summed E-state index contributed by atoms with van der Waals surface area (Å²) in [6.45, 7) is 8.17. The molecule has 0 spiro atoms. The highest BCUT2D eigenvalue weighted by Crippen LogP contribution is 2.29. The minimum atomic E-state index is -0.479. The van der Waals surface area contributed by atoms with E-state index in [1.807, 2.05) is 82.3 Å². The van der Waals surface area contributed by atoms with Crippen LogP contribution in [0.1, 0.15) is 27.7 Å². The Bertz CT molecular complexity index is 1450. The van der Waals surface area contributed by atoms with Gasteiger partial charge in [0.05, 0.1) is 18.0 Å². The van der Waals surface area contributed by atoms with Gasteiger partial charge < -0.3 is 4.74 Å². The van der Waals surface area contributed by atoms with E-state index in [1.54, 1.807) is 9.13 Å². The molecule has 9 heteroatoms. The summed E-state index contributed by atoms with van der Waals surface area (Å²) in [6, 6.07) is 16.9. The number of hydrogen-bond donors (Lipinski definition) is 0. The maximum absolute atomic E-state index is 13.7. The summed E-state index contributed by atoms with van der Waals surface area (Å²) >= 11 is 8.14. The van der Waals surface area contributed by atoms with Crippen LogP contribution in [0, 0.1) is 9.37 Å².